The van der Waals surface area contributed by atoms with Gasteiger partial charge in [-0.15, -0.1) is 0 Å². The highest BCUT2D eigenvalue weighted by molar-refractivity contribution is 8.03. The highest BCUT2D eigenvalue weighted by Gasteiger charge is 2.24. The number of thioether (sulfide) groups is 1. The van der Waals surface area contributed by atoms with Gasteiger partial charge in [0.05, 0.1) is 4.90 Å². The Labute approximate surface area is 100 Å². The van der Waals surface area contributed by atoms with Crippen molar-refractivity contribution in [2.24, 2.45) is 7.05 Å². The average Bonchev–Trinajstić information content (AvgIpc) is 3.11. The van der Waals surface area contributed by atoms with Gasteiger partial charge >= 0.3 is 0 Å². The molecule has 1 aliphatic carbocycles. The topological polar surface area (TPSA) is 45.8 Å². The van der Waals surface area contributed by atoms with Gasteiger partial charge in [0.15, 0.2) is 0 Å². The maximum atomic E-state index is 11.5. The predicted molar refractivity (Wildman–Crippen MR) is 66.5 cm³/mol. The van der Waals surface area contributed by atoms with Crippen molar-refractivity contribution in [2.45, 2.75) is 37.5 Å². The number of aromatic nitrogens is 1. The number of thiocyanates is 1. The van der Waals surface area contributed by atoms with Gasteiger partial charge < -0.3 is 4.57 Å². The summed E-state index contributed by atoms with van der Waals surface area (Å²) in [5.41, 5.74) is 1.10. The first kappa shape index (κ1) is 12.9. The highest BCUT2D eigenvalue weighted by atomic mass is 32.2. The Morgan fingerprint density at radius 1 is 1.50 bits per heavy atom. The van der Waals surface area contributed by atoms with Gasteiger partial charge in [0.25, 0.3) is 5.56 Å². The molecule has 0 unspecified atom stereocenters. The van der Waals surface area contributed by atoms with Crippen LogP contribution in [0.4, 0.5) is 0 Å². The van der Waals surface area contributed by atoms with E-state index in [0.717, 1.165) is 11.8 Å². The lowest BCUT2D eigenvalue weighted by Crippen LogP contribution is -2.18. The van der Waals surface area contributed by atoms with Crippen LogP contribution in [0.1, 0.15) is 38.2 Å². The van der Waals surface area contributed by atoms with Crippen molar-refractivity contribution >= 4 is 11.8 Å². The third-order valence-corrected chi connectivity index (χ3v) is 2.98. The van der Waals surface area contributed by atoms with Crippen molar-refractivity contribution in [1.29, 1.82) is 5.26 Å². The minimum absolute atomic E-state index is 0.0825. The molecule has 1 heterocycles. The molecule has 3 nitrogen and oxygen atoms in total. The fourth-order valence-electron chi connectivity index (χ4n) is 1.47. The van der Waals surface area contributed by atoms with E-state index in [1.54, 1.807) is 11.6 Å². The van der Waals surface area contributed by atoms with Gasteiger partial charge in [-0.05, 0) is 42.2 Å². The number of pyridine rings is 1. The normalized spacial score (nSPS) is 13.6. The Morgan fingerprint density at radius 3 is 2.62 bits per heavy atom. The van der Waals surface area contributed by atoms with Crippen molar-refractivity contribution in [2.75, 3.05) is 0 Å². The summed E-state index contributed by atoms with van der Waals surface area (Å²) in [4.78, 5) is 12.1. The lowest BCUT2D eigenvalue weighted by Gasteiger charge is -2.04. The molecule has 1 aromatic rings. The molecule has 0 bridgehead atoms. The van der Waals surface area contributed by atoms with Gasteiger partial charge in [0.1, 0.15) is 5.40 Å². The van der Waals surface area contributed by atoms with Crippen LogP contribution in [0.15, 0.2) is 22.0 Å². The molecule has 1 aliphatic rings. The van der Waals surface area contributed by atoms with Gasteiger partial charge in [-0.3, -0.25) is 4.79 Å². The minimum Gasteiger partial charge on any atom is -0.317 e. The molecule has 0 radical (unpaired) electrons. The number of rotatable bonds is 2. The fourth-order valence-corrected chi connectivity index (χ4v) is 1.99. The number of nitrogens with zero attached hydrogens (tertiary/aromatic N) is 2. The third kappa shape index (κ3) is 2.89. The van der Waals surface area contributed by atoms with Gasteiger partial charge in [-0.2, -0.15) is 5.26 Å². The van der Waals surface area contributed by atoms with Gasteiger partial charge in [-0.1, -0.05) is 13.8 Å². The predicted octanol–water partition coefficient (Wildman–Crippen LogP) is 2.86. The molecule has 16 heavy (non-hydrogen) atoms. The quantitative estimate of drug-likeness (QED) is 0.586. The van der Waals surface area contributed by atoms with Crippen molar-refractivity contribution in [1.82, 2.24) is 4.57 Å². The number of hydrogen-bond donors (Lipinski definition) is 0. The first-order chi connectivity index (χ1) is 7.72. The fraction of sp³-hybridized carbons (Fsp3) is 0.500. The maximum absolute atomic E-state index is 11.5. The molecular formula is C12H16N2OS. The zero-order valence-corrected chi connectivity index (χ0v) is 10.7. The molecule has 86 valence electrons. The molecule has 0 atom stereocenters. The zero-order valence-electron chi connectivity index (χ0n) is 9.86. The van der Waals surface area contributed by atoms with Crippen LogP contribution < -0.4 is 5.56 Å². The van der Waals surface area contributed by atoms with Gasteiger partial charge in [0, 0.05) is 13.2 Å². The van der Waals surface area contributed by atoms with Crippen LogP contribution in [-0.2, 0) is 7.05 Å². The largest absolute Gasteiger partial charge is 0.317 e. The summed E-state index contributed by atoms with van der Waals surface area (Å²) in [7, 11) is 1.73. The van der Waals surface area contributed by atoms with E-state index in [1.165, 1.54) is 18.4 Å². The lowest BCUT2D eigenvalue weighted by atomic mass is 10.2. The van der Waals surface area contributed by atoms with Crippen LogP contribution in [0.3, 0.4) is 0 Å². The Morgan fingerprint density at radius 2 is 2.12 bits per heavy atom. The molecule has 1 aromatic heterocycles. The van der Waals surface area contributed by atoms with Crippen LogP contribution in [0.5, 0.6) is 0 Å². The summed E-state index contributed by atoms with van der Waals surface area (Å²) < 4.78 is 1.56. The van der Waals surface area contributed by atoms with E-state index in [-0.39, 0.29) is 5.56 Å². The van der Waals surface area contributed by atoms with Gasteiger partial charge in [-0.25, -0.2) is 0 Å². The number of nitriles is 1. The molecule has 0 aromatic carbocycles. The molecule has 4 heteroatoms. The van der Waals surface area contributed by atoms with E-state index in [2.05, 4.69) is 0 Å². The third-order valence-electron chi connectivity index (χ3n) is 2.38. The monoisotopic (exact) mass is 236 g/mol. The molecule has 0 amide bonds. The van der Waals surface area contributed by atoms with Crippen LogP contribution in [-0.4, -0.2) is 4.57 Å². The molecule has 0 spiro atoms. The van der Waals surface area contributed by atoms with Crippen molar-refractivity contribution in [3.63, 3.8) is 0 Å². The van der Waals surface area contributed by atoms with Crippen LogP contribution in [0.25, 0.3) is 0 Å². The summed E-state index contributed by atoms with van der Waals surface area (Å²) in [6.07, 6.45) is 4.28. The molecule has 0 N–H and O–H groups in total. The Bertz CT molecular complexity index is 455. The summed E-state index contributed by atoms with van der Waals surface area (Å²) in [6, 6.07) is 1.86. The molecule has 1 saturated carbocycles. The van der Waals surface area contributed by atoms with Crippen molar-refractivity contribution in [3.05, 3.63) is 28.2 Å². The van der Waals surface area contributed by atoms with E-state index in [1.807, 2.05) is 31.5 Å². The Hall–Kier alpha value is -1.21. The van der Waals surface area contributed by atoms with E-state index in [4.69, 9.17) is 5.26 Å². The molecule has 1 fully saturated rings. The Balaban J connectivity index is 0.000000606. The van der Waals surface area contributed by atoms with Gasteiger partial charge in [0.2, 0.25) is 0 Å². The van der Waals surface area contributed by atoms with Crippen molar-refractivity contribution < 1.29 is 0 Å². The molecule has 0 aliphatic heterocycles. The Kier molecular flexibility index (Phi) is 4.63. The van der Waals surface area contributed by atoms with Crippen LogP contribution >= 0.6 is 11.8 Å². The standard InChI is InChI=1S/C10H10N2OS.C2H6/c1-12-5-8(7-2-3-7)4-9(10(12)13)14-6-11;1-2/h4-5,7H,2-3H2,1H3;1-2H3. The van der Waals surface area contributed by atoms with E-state index in [0.29, 0.717) is 10.8 Å². The van der Waals surface area contributed by atoms with E-state index >= 15 is 0 Å². The molecular weight excluding hydrogens is 220 g/mol. The lowest BCUT2D eigenvalue weighted by molar-refractivity contribution is 0.812. The summed E-state index contributed by atoms with van der Waals surface area (Å²) in [5, 5.41) is 10.5. The molecule has 0 saturated heterocycles. The zero-order chi connectivity index (χ0) is 12.1. The molecule has 2 rings (SSSR count). The van der Waals surface area contributed by atoms with E-state index < -0.39 is 0 Å². The smallest absolute Gasteiger partial charge is 0.265 e. The first-order valence-corrected chi connectivity index (χ1v) is 6.30. The van der Waals surface area contributed by atoms with Crippen LogP contribution in [0, 0.1) is 10.7 Å². The second kappa shape index (κ2) is 5.76. The SMILES string of the molecule is CC.Cn1cc(C2CC2)cc(SC#N)c1=O. The second-order valence-electron chi connectivity index (χ2n) is 3.52. The number of hydrogen-bond acceptors (Lipinski definition) is 3. The average molecular weight is 236 g/mol. The summed E-state index contributed by atoms with van der Waals surface area (Å²) >= 11 is 0.948. The summed E-state index contributed by atoms with van der Waals surface area (Å²) in [6.45, 7) is 4.00. The van der Waals surface area contributed by atoms with Crippen LogP contribution in [0.2, 0.25) is 0 Å². The highest BCUT2D eigenvalue weighted by Crippen LogP contribution is 2.40. The number of aryl methyl sites for hydroxylation is 1. The minimum atomic E-state index is -0.0825. The van der Waals surface area contributed by atoms with Crippen molar-refractivity contribution in [3.8, 4) is 5.40 Å². The maximum Gasteiger partial charge on any atom is 0.265 e. The van der Waals surface area contributed by atoms with E-state index in [9.17, 15) is 4.79 Å². The summed E-state index contributed by atoms with van der Waals surface area (Å²) in [5.74, 6) is 0.611. The second-order valence-corrected chi connectivity index (χ2v) is 4.35. The first-order valence-electron chi connectivity index (χ1n) is 5.49.